The van der Waals surface area contributed by atoms with Crippen LogP contribution in [0.1, 0.15) is 18.1 Å². The lowest BCUT2D eigenvalue weighted by atomic mass is 10.0. The Balaban J connectivity index is 0.000000765. The highest BCUT2D eigenvalue weighted by atomic mass is 35.5. The molecule has 0 aliphatic heterocycles. The standard InChI is InChI=1S/C15H10Cl2F3NO.HNO2S/c1-9(21-22-12-5-2-10(16)3-6-12)13-8-11(17)4-7-14(13)15(18,19)20;1-4(2)3/h2-8H,1H3;1H/b21-9+;. The molecule has 0 atom stereocenters. The third kappa shape index (κ3) is 7.42. The molecule has 0 radical (unpaired) electrons. The van der Waals surface area contributed by atoms with Crippen molar-refractivity contribution in [2.24, 2.45) is 5.16 Å². The van der Waals surface area contributed by atoms with Gasteiger partial charge in [0.25, 0.3) is 0 Å². The summed E-state index contributed by atoms with van der Waals surface area (Å²) in [6.45, 7) is 1.41. The first-order valence-electron chi connectivity index (χ1n) is 6.65. The molecule has 0 heterocycles. The zero-order valence-corrected chi connectivity index (χ0v) is 15.3. The highest BCUT2D eigenvalue weighted by molar-refractivity contribution is 7.60. The van der Waals surface area contributed by atoms with Crippen molar-refractivity contribution in [3.8, 4) is 5.75 Å². The van der Waals surface area contributed by atoms with E-state index in [-0.39, 0.29) is 16.3 Å². The summed E-state index contributed by atoms with van der Waals surface area (Å²) >= 11 is 11.5. The molecule has 0 aliphatic rings. The van der Waals surface area contributed by atoms with Crippen LogP contribution in [0.3, 0.4) is 0 Å². The number of hydrogen-bond donors (Lipinski definition) is 1. The number of alkyl halides is 3. The Morgan fingerprint density at radius 1 is 1.08 bits per heavy atom. The molecule has 2 aromatic carbocycles. The Bertz CT molecular complexity index is 893. The van der Waals surface area contributed by atoms with Crippen LogP contribution in [0.15, 0.2) is 47.6 Å². The van der Waals surface area contributed by atoms with E-state index in [2.05, 4.69) is 5.16 Å². The molecule has 26 heavy (non-hydrogen) atoms. The molecule has 1 N–H and O–H groups in total. The molecule has 2 rings (SSSR count). The van der Waals surface area contributed by atoms with Gasteiger partial charge in [0.05, 0.1) is 11.3 Å². The van der Waals surface area contributed by atoms with Gasteiger partial charge in [0.15, 0.2) is 5.75 Å². The van der Waals surface area contributed by atoms with Crippen LogP contribution >= 0.6 is 23.2 Å². The van der Waals surface area contributed by atoms with Gasteiger partial charge in [0.1, 0.15) is 0 Å². The number of rotatable bonds is 3. The van der Waals surface area contributed by atoms with E-state index in [1.54, 1.807) is 24.3 Å². The molecule has 11 heteroatoms. The molecular formula is C15H11Cl2F3N2O3S. The highest BCUT2D eigenvalue weighted by Gasteiger charge is 2.34. The van der Waals surface area contributed by atoms with Crippen LogP contribution in [0, 0.1) is 4.78 Å². The summed E-state index contributed by atoms with van der Waals surface area (Å²) in [5.74, 6) is 0.360. The van der Waals surface area contributed by atoms with Crippen molar-refractivity contribution in [1.82, 2.24) is 0 Å². The lowest BCUT2D eigenvalue weighted by Gasteiger charge is -2.12. The molecule has 0 aliphatic carbocycles. The highest BCUT2D eigenvalue weighted by Crippen LogP contribution is 2.33. The monoisotopic (exact) mass is 426 g/mol. The van der Waals surface area contributed by atoms with E-state index < -0.39 is 22.2 Å². The van der Waals surface area contributed by atoms with Crippen molar-refractivity contribution in [3.05, 3.63) is 63.6 Å². The van der Waals surface area contributed by atoms with Gasteiger partial charge in [-0.2, -0.15) is 26.4 Å². The van der Waals surface area contributed by atoms with Crippen LogP contribution in [-0.4, -0.2) is 14.1 Å². The Hall–Kier alpha value is -2.10. The average Bonchev–Trinajstić information content (AvgIpc) is 2.52. The first kappa shape index (κ1) is 21.9. The SMILES string of the molecule is C/C(=N\Oc1ccc(Cl)cc1)c1cc(Cl)ccc1C(F)(F)F.N=S(=O)=O. The van der Waals surface area contributed by atoms with Crippen molar-refractivity contribution >= 4 is 39.4 Å². The molecule has 2 aromatic rings. The molecule has 0 saturated heterocycles. The molecule has 0 bridgehead atoms. The molecule has 0 unspecified atom stereocenters. The fourth-order valence-corrected chi connectivity index (χ4v) is 2.03. The van der Waals surface area contributed by atoms with Gasteiger partial charge in [0, 0.05) is 15.6 Å². The summed E-state index contributed by atoms with van der Waals surface area (Å²) < 4.78 is 61.8. The number of halogens is 5. The molecule has 0 fully saturated rings. The minimum absolute atomic E-state index is 0.0600. The maximum absolute atomic E-state index is 13.0. The fraction of sp³-hybridized carbons (Fsp3) is 0.133. The number of oxime groups is 1. The summed E-state index contributed by atoms with van der Waals surface area (Å²) in [7, 11) is -2.61. The maximum atomic E-state index is 13.0. The van der Waals surface area contributed by atoms with E-state index in [0.717, 1.165) is 6.07 Å². The van der Waals surface area contributed by atoms with Gasteiger partial charge in [-0.05, 0) is 49.4 Å². The maximum Gasteiger partial charge on any atom is 0.417 e. The normalized spacial score (nSPS) is 11.4. The third-order valence-electron chi connectivity index (χ3n) is 2.78. The van der Waals surface area contributed by atoms with Crippen LogP contribution in [0.4, 0.5) is 13.2 Å². The second-order valence-corrected chi connectivity index (χ2v) is 5.99. The Kier molecular flexibility index (Phi) is 8.07. The summed E-state index contributed by atoms with van der Waals surface area (Å²) in [5, 5.41) is 4.42. The van der Waals surface area contributed by atoms with Crippen LogP contribution in [0.25, 0.3) is 0 Å². The zero-order chi connectivity index (χ0) is 19.9. The first-order valence-corrected chi connectivity index (χ1v) is 8.48. The topological polar surface area (TPSA) is 79.6 Å². The second-order valence-electron chi connectivity index (χ2n) is 4.64. The first-order chi connectivity index (χ1) is 12.0. The summed E-state index contributed by atoms with van der Waals surface area (Å²) in [6, 6.07) is 9.59. The number of benzene rings is 2. The predicted molar refractivity (Wildman–Crippen MR) is 92.4 cm³/mol. The van der Waals surface area contributed by atoms with E-state index >= 15 is 0 Å². The van der Waals surface area contributed by atoms with Crippen LogP contribution in [-0.2, 0) is 16.7 Å². The van der Waals surface area contributed by atoms with E-state index in [9.17, 15) is 13.2 Å². The van der Waals surface area contributed by atoms with E-state index in [0.29, 0.717) is 10.8 Å². The van der Waals surface area contributed by atoms with Gasteiger partial charge in [-0.3, -0.25) is 0 Å². The van der Waals surface area contributed by atoms with Crippen LogP contribution in [0.5, 0.6) is 5.75 Å². The van der Waals surface area contributed by atoms with Crippen molar-refractivity contribution in [1.29, 1.82) is 4.78 Å². The molecule has 0 saturated carbocycles. The number of hydrogen-bond acceptors (Lipinski definition) is 5. The molecule has 0 amide bonds. The zero-order valence-electron chi connectivity index (χ0n) is 13.0. The predicted octanol–water partition coefficient (Wildman–Crippen LogP) is 5.44. The van der Waals surface area contributed by atoms with E-state index in [4.69, 9.17) is 41.2 Å². The molecule has 140 valence electrons. The summed E-state index contributed by atoms with van der Waals surface area (Å²) in [4.78, 5) is 5.10. The van der Waals surface area contributed by atoms with Gasteiger partial charge in [-0.25, -0.2) is 0 Å². The third-order valence-corrected chi connectivity index (χ3v) is 3.27. The van der Waals surface area contributed by atoms with E-state index in [1.807, 2.05) is 0 Å². The van der Waals surface area contributed by atoms with Gasteiger partial charge in [0.2, 0.25) is 0 Å². The summed E-state index contributed by atoms with van der Waals surface area (Å²) in [6.07, 6.45) is -4.50. The second kappa shape index (κ2) is 9.56. The van der Waals surface area contributed by atoms with Crippen molar-refractivity contribution in [2.45, 2.75) is 13.1 Å². The molecule has 5 nitrogen and oxygen atoms in total. The number of nitrogens with one attached hydrogen (secondary N) is 1. The lowest BCUT2D eigenvalue weighted by molar-refractivity contribution is -0.137. The van der Waals surface area contributed by atoms with Crippen LogP contribution < -0.4 is 4.84 Å². The molecular weight excluding hydrogens is 416 g/mol. The Morgan fingerprint density at radius 2 is 1.58 bits per heavy atom. The van der Waals surface area contributed by atoms with Crippen molar-refractivity contribution < 1.29 is 26.4 Å². The van der Waals surface area contributed by atoms with Crippen molar-refractivity contribution in [3.63, 3.8) is 0 Å². The van der Waals surface area contributed by atoms with Crippen molar-refractivity contribution in [2.75, 3.05) is 0 Å². The van der Waals surface area contributed by atoms with Gasteiger partial charge < -0.3 is 4.84 Å². The Labute approximate surface area is 158 Å². The smallest absolute Gasteiger partial charge is 0.357 e. The summed E-state index contributed by atoms with van der Waals surface area (Å²) in [5.41, 5.74) is -0.892. The largest absolute Gasteiger partial charge is 0.417 e. The quantitative estimate of drug-likeness (QED) is 0.523. The number of nitrogens with zero attached hydrogens (tertiary/aromatic N) is 1. The van der Waals surface area contributed by atoms with Gasteiger partial charge in [-0.15, -0.1) is 0 Å². The fourth-order valence-electron chi connectivity index (χ4n) is 1.73. The average molecular weight is 427 g/mol. The van der Waals surface area contributed by atoms with Gasteiger partial charge in [-0.1, -0.05) is 28.4 Å². The lowest BCUT2D eigenvalue weighted by Crippen LogP contribution is -2.12. The Morgan fingerprint density at radius 3 is 2.08 bits per heavy atom. The molecule has 0 spiro atoms. The van der Waals surface area contributed by atoms with E-state index in [1.165, 1.54) is 19.1 Å². The molecule has 0 aromatic heterocycles. The van der Waals surface area contributed by atoms with Gasteiger partial charge >= 0.3 is 16.7 Å². The minimum Gasteiger partial charge on any atom is -0.357 e. The minimum atomic E-state index is -4.50. The van der Waals surface area contributed by atoms with Crippen LogP contribution in [0.2, 0.25) is 10.0 Å².